The topological polar surface area (TPSA) is 59.8 Å². The molecule has 0 bridgehead atoms. The first kappa shape index (κ1) is 11.6. The molecule has 1 N–H and O–H groups in total. The van der Waals surface area contributed by atoms with Crippen molar-refractivity contribution >= 4 is 23.2 Å². The molecule has 2 rings (SSSR count). The number of carbonyl (C=O) groups excluding carboxylic acids is 1. The molecular formula is C11H11ClN4O. The number of hydrogen-bond acceptors (Lipinski definition) is 3. The predicted molar refractivity (Wildman–Crippen MR) is 64.8 cm³/mol. The number of amides is 1. The van der Waals surface area contributed by atoms with E-state index in [1.165, 1.54) is 17.3 Å². The van der Waals surface area contributed by atoms with Gasteiger partial charge >= 0.3 is 0 Å². The lowest BCUT2D eigenvalue weighted by Crippen LogP contribution is -2.19. The molecule has 0 aliphatic heterocycles. The van der Waals surface area contributed by atoms with Gasteiger partial charge in [-0.3, -0.25) is 4.79 Å². The number of benzene rings is 1. The minimum Gasteiger partial charge on any atom is -0.324 e. The van der Waals surface area contributed by atoms with Gasteiger partial charge in [0, 0.05) is 10.7 Å². The normalized spacial score (nSPS) is 10.2. The van der Waals surface area contributed by atoms with Crippen LogP contribution < -0.4 is 5.32 Å². The third-order valence-corrected chi connectivity index (χ3v) is 2.72. The van der Waals surface area contributed by atoms with Crippen molar-refractivity contribution < 1.29 is 4.79 Å². The lowest BCUT2D eigenvalue weighted by molar-refractivity contribution is -0.116. The molecule has 0 aliphatic carbocycles. The number of aromatic nitrogens is 3. The number of nitrogens with zero attached hydrogens (tertiary/aromatic N) is 3. The quantitative estimate of drug-likeness (QED) is 0.905. The molecule has 5 nitrogen and oxygen atoms in total. The molecule has 0 saturated heterocycles. The van der Waals surface area contributed by atoms with E-state index in [0.29, 0.717) is 10.7 Å². The summed E-state index contributed by atoms with van der Waals surface area (Å²) in [6.45, 7) is 1.99. The molecule has 6 heteroatoms. The van der Waals surface area contributed by atoms with Gasteiger partial charge in [0.15, 0.2) is 0 Å². The van der Waals surface area contributed by atoms with Crippen LogP contribution in [-0.4, -0.2) is 20.7 Å². The second kappa shape index (κ2) is 4.97. The molecule has 0 fully saturated rings. The van der Waals surface area contributed by atoms with E-state index in [2.05, 4.69) is 15.4 Å². The van der Waals surface area contributed by atoms with Crippen molar-refractivity contribution in [2.75, 3.05) is 5.32 Å². The van der Waals surface area contributed by atoms with Crippen LogP contribution in [0.5, 0.6) is 0 Å². The third kappa shape index (κ3) is 2.82. The zero-order chi connectivity index (χ0) is 12.3. The van der Waals surface area contributed by atoms with E-state index in [0.717, 1.165) is 5.56 Å². The van der Waals surface area contributed by atoms with E-state index in [1.54, 1.807) is 18.2 Å². The Hall–Kier alpha value is -1.88. The second-order valence-electron chi connectivity index (χ2n) is 3.55. The molecule has 2 aromatic rings. The highest BCUT2D eigenvalue weighted by atomic mass is 35.5. The molecule has 1 aromatic heterocycles. The van der Waals surface area contributed by atoms with E-state index in [1.807, 2.05) is 6.92 Å². The maximum absolute atomic E-state index is 11.7. The number of carbonyl (C=O) groups is 1. The molecule has 0 radical (unpaired) electrons. The van der Waals surface area contributed by atoms with E-state index >= 15 is 0 Å². The summed E-state index contributed by atoms with van der Waals surface area (Å²) in [7, 11) is 0. The Morgan fingerprint density at radius 2 is 2.35 bits per heavy atom. The van der Waals surface area contributed by atoms with Gasteiger partial charge in [-0.15, -0.1) is 0 Å². The molecule has 1 aromatic carbocycles. The van der Waals surface area contributed by atoms with Crippen molar-refractivity contribution in [2.24, 2.45) is 0 Å². The van der Waals surface area contributed by atoms with Gasteiger partial charge < -0.3 is 5.32 Å². The van der Waals surface area contributed by atoms with Crippen LogP contribution in [0.1, 0.15) is 5.56 Å². The number of rotatable bonds is 3. The maximum atomic E-state index is 11.7. The SMILES string of the molecule is Cc1c(Cl)cccc1NC(=O)Cn1cncn1. The van der Waals surface area contributed by atoms with Crippen LogP contribution >= 0.6 is 11.6 Å². The van der Waals surface area contributed by atoms with Crippen molar-refractivity contribution in [1.82, 2.24) is 14.8 Å². The number of hydrogen-bond donors (Lipinski definition) is 1. The smallest absolute Gasteiger partial charge is 0.246 e. The molecule has 17 heavy (non-hydrogen) atoms. The Morgan fingerprint density at radius 3 is 3.06 bits per heavy atom. The first-order valence-electron chi connectivity index (χ1n) is 5.04. The highest BCUT2D eigenvalue weighted by molar-refractivity contribution is 6.31. The van der Waals surface area contributed by atoms with Crippen LogP contribution in [0, 0.1) is 6.92 Å². The molecule has 0 unspecified atom stereocenters. The summed E-state index contributed by atoms with van der Waals surface area (Å²) >= 11 is 5.96. The molecule has 88 valence electrons. The maximum Gasteiger partial charge on any atom is 0.246 e. The van der Waals surface area contributed by atoms with Crippen LogP contribution in [0.15, 0.2) is 30.9 Å². The summed E-state index contributed by atoms with van der Waals surface area (Å²) in [5.41, 5.74) is 1.56. The Labute approximate surface area is 103 Å². The summed E-state index contributed by atoms with van der Waals surface area (Å²) in [6.07, 6.45) is 2.88. The highest BCUT2D eigenvalue weighted by Crippen LogP contribution is 2.22. The fourth-order valence-electron chi connectivity index (χ4n) is 1.39. The van der Waals surface area contributed by atoms with Crippen LogP contribution in [0.4, 0.5) is 5.69 Å². The molecule has 1 heterocycles. The fraction of sp³-hybridized carbons (Fsp3) is 0.182. The van der Waals surface area contributed by atoms with E-state index in [4.69, 9.17) is 11.6 Å². The number of nitrogens with one attached hydrogen (secondary N) is 1. The van der Waals surface area contributed by atoms with E-state index in [-0.39, 0.29) is 12.5 Å². The zero-order valence-electron chi connectivity index (χ0n) is 9.22. The van der Waals surface area contributed by atoms with Crippen molar-refractivity contribution in [3.8, 4) is 0 Å². The lowest BCUT2D eigenvalue weighted by Gasteiger charge is -2.09. The van der Waals surface area contributed by atoms with Gasteiger partial charge in [-0.2, -0.15) is 5.10 Å². The van der Waals surface area contributed by atoms with Gasteiger partial charge in [0.25, 0.3) is 0 Å². The fourth-order valence-corrected chi connectivity index (χ4v) is 1.57. The van der Waals surface area contributed by atoms with Gasteiger partial charge in [-0.05, 0) is 24.6 Å². The van der Waals surface area contributed by atoms with Gasteiger partial charge in [-0.1, -0.05) is 17.7 Å². The number of anilines is 1. The molecule has 0 saturated carbocycles. The zero-order valence-corrected chi connectivity index (χ0v) is 9.98. The first-order valence-corrected chi connectivity index (χ1v) is 5.42. The summed E-state index contributed by atoms with van der Waals surface area (Å²) < 4.78 is 1.45. The first-order chi connectivity index (χ1) is 8.16. The van der Waals surface area contributed by atoms with Crippen molar-refractivity contribution in [1.29, 1.82) is 0 Å². The van der Waals surface area contributed by atoms with Crippen LogP contribution in [0.2, 0.25) is 5.02 Å². The van der Waals surface area contributed by atoms with Gasteiger partial charge in [0.2, 0.25) is 5.91 Å². The average molecular weight is 251 g/mol. The Bertz CT molecular complexity index is 524. The lowest BCUT2D eigenvalue weighted by atomic mass is 10.2. The Balaban J connectivity index is 2.06. The minimum absolute atomic E-state index is 0.131. The summed E-state index contributed by atoms with van der Waals surface area (Å²) in [5, 5.41) is 7.26. The van der Waals surface area contributed by atoms with Crippen LogP contribution in [-0.2, 0) is 11.3 Å². The van der Waals surface area contributed by atoms with Crippen molar-refractivity contribution in [3.63, 3.8) is 0 Å². The predicted octanol–water partition coefficient (Wildman–Crippen LogP) is 1.88. The largest absolute Gasteiger partial charge is 0.324 e. The van der Waals surface area contributed by atoms with Gasteiger partial charge in [0.1, 0.15) is 19.2 Å². The number of halogens is 1. The summed E-state index contributed by atoms with van der Waals surface area (Å²) in [5.74, 6) is -0.166. The average Bonchev–Trinajstić information content (AvgIpc) is 2.77. The molecular weight excluding hydrogens is 240 g/mol. The summed E-state index contributed by atoms with van der Waals surface area (Å²) in [4.78, 5) is 15.5. The molecule has 0 atom stereocenters. The van der Waals surface area contributed by atoms with Gasteiger partial charge in [0.05, 0.1) is 0 Å². The molecule has 1 amide bonds. The Morgan fingerprint density at radius 1 is 1.53 bits per heavy atom. The van der Waals surface area contributed by atoms with Crippen LogP contribution in [0.3, 0.4) is 0 Å². The van der Waals surface area contributed by atoms with Crippen molar-refractivity contribution in [3.05, 3.63) is 41.4 Å². The van der Waals surface area contributed by atoms with E-state index in [9.17, 15) is 4.79 Å². The standard InChI is InChI=1S/C11H11ClN4O/c1-8-9(12)3-2-4-10(8)15-11(17)5-16-7-13-6-14-16/h2-4,6-7H,5H2,1H3,(H,15,17). The van der Waals surface area contributed by atoms with Crippen LogP contribution in [0.25, 0.3) is 0 Å². The third-order valence-electron chi connectivity index (χ3n) is 2.31. The second-order valence-corrected chi connectivity index (χ2v) is 3.96. The van der Waals surface area contributed by atoms with Crippen molar-refractivity contribution in [2.45, 2.75) is 13.5 Å². The Kier molecular flexibility index (Phi) is 3.39. The monoisotopic (exact) mass is 250 g/mol. The minimum atomic E-state index is -0.166. The molecule has 0 spiro atoms. The molecule has 0 aliphatic rings. The highest BCUT2D eigenvalue weighted by Gasteiger charge is 2.07. The summed E-state index contributed by atoms with van der Waals surface area (Å²) in [6, 6.07) is 5.38. The van der Waals surface area contributed by atoms with E-state index < -0.39 is 0 Å². The van der Waals surface area contributed by atoms with Gasteiger partial charge in [-0.25, -0.2) is 9.67 Å².